The molecule has 6 nitrogen and oxygen atoms in total. The Morgan fingerprint density at radius 3 is 2.17 bits per heavy atom. The maximum atomic E-state index is 12.6. The van der Waals surface area contributed by atoms with Crippen molar-refractivity contribution >= 4 is 11.8 Å². The predicted octanol–water partition coefficient (Wildman–Crippen LogP) is 3.04. The van der Waals surface area contributed by atoms with Crippen molar-refractivity contribution in [3.8, 4) is 5.75 Å². The first-order valence-electron chi connectivity index (χ1n) is 11.5. The zero-order chi connectivity index (χ0) is 21.5. The number of nitrogens with zero attached hydrogens (tertiary/aromatic N) is 3. The van der Waals surface area contributed by atoms with E-state index in [4.69, 9.17) is 4.74 Å². The van der Waals surface area contributed by atoms with Gasteiger partial charge in [0, 0.05) is 39.3 Å². The number of likely N-dealkylation sites (tertiary alicyclic amines) is 1. The molecule has 0 aromatic heterocycles. The van der Waals surface area contributed by atoms with Crippen LogP contribution in [-0.2, 0) is 9.59 Å². The predicted molar refractivity (Wildman–Crippen MR) is 119 cm³/mol. The Morgan fingerprint density at radius 1 is 0.900 bits per heavy atom. The Bertz CT molecular complexity index is 718. The molecule has 2 aliphatic rings. The Labute approximate surface area is 181 Å². The molecule has 0 bridgehead atoms. The number of carbonyl (C=O) groups is 2. The van der Waals surface area contributed by atoms with Crippen molar-refractivity contribution in [3.05, 3.63) is 29.3 Å². The van der Waals surface area contributed by atoms with Crippen molar-refractivity contribution in [2.24, 2.45) is 0 Å². The molecule has 1 aromatic rings. The molecule has 1 aromatic carbocycles. The lowest BCUT2D eigenvalue weighted by Crippen LogP contribution is -2.52. The van der Waals surface area contributed by atoms with Crippen LogP contribution in [0.25, 0.3) is 0 Å². The molecule has 2 fully saturated rings. The third-order valence-electron chi connectivity index (χ3n) is 6.27. The summed E-state index contributed by atoms with van der Waals surface area (Å²) in [5.41, 5.74) is 2.26. The Balaban J connectivity index is 1.43. The van der Waals surface area contributed by atoms with E-state index in [9.17, 15) is 9.59 Å². The number of aryl methyl sites for hydroxylation is 1. The fourth-order valence-corrected chi connectivity index (χ4v) is 4.13. The van der Waals surface area contributed by atoms with Gasteiger partial charge >= 0.3 is 0 Å². The van der Waals surface area contributed by atoms with Crippen LogP contribution in [0.15, 0.2) is 18.2 Å². The van der Waals surface area contributed by atoms with Crippen LogP contribution in [0.3, 0.4) is 0 Å². The zero-order valence-corrected chi connectivity index (χ0v) is 18.9. The Kier molecular flexibility index (Phi) is 8.14. The van der Waals surface area contributed by atoms with Gasteiger partial charge in [0.25, 0.3) is 5.91 Å². The van der Waals surface area contributed by atoms with E-state index in [1.165, 1.54) is 18.4 Å². The lowest BCUT2D eigenvalue weighted by atomic mass is 10.0. The Morgan fingerprint density at radius 2 is 1.53 bits per heavy atom. The highest BCUT2D eigenvalue weighted by molar-refractivity contribution is 5.79. The molecular formula is C24H37N3O3. The molecule has 0 aliphatic carbocycles. The molecule has 0 atom stereocenters. The van der Waals surface area contributed by atoms with Crippen LogP contribution in [-0.4, -0.2) is 78.9 Å². The van der Waals surface area contributed by atoms with Gasteiger partial charge in [0.2, 0.25) is 5.91 Å². The van der Waals surface area contributed by atoms with Crippen LogP contribution >= 0.6 is 0 Å². The fraction of sp³-hybridized carbons (Fsp3) is 0.667. The normalized spacial score (nSPS) is 18.4. The molecule has 166 valence electrons. The second-order valence-electron chi connectivity index (χ2n) is 8.92. The van der Waals surface area contributed by atoms with Gasteiger partial charge in [-0.1, -0.05) is 38.8 Å². The molecule has 0 spiro atoms. The standard InChI is InChI=1S/C24H37N3O3/c1-19(2)21-9-8-20(3)22(16-21)30-18-24(29)27-14-12-25(13-15-27)17-23(28)26-10-6-4-5-7-11-26/h8-9,16,19H,4-7,10-15,17-18H2,1-3H3. The fourth-order valence-electron chi connectivity index (χ4n) is 4.13. The molecule has 30 heavy (non-hydrogen) atoms. The Hall–Kier alpha value is -2.08. The lowest BCUT2D eigenvalue weighted by molar-refractivity contribution is -0.136. The van der Waals surface area contributed by atoms with E-state index in [2.05, 4.69) is 30.9 Å². The van der Waals surface area contributed by atoms with Crippen molar-refractivity contribution in [2.45, 2.75) is 52.4 Å². The third-order valence-corrected chi connectivity index (χ3v) is 6.27. The number of amides is 2. The number of hydrogen-bond donors (Lipinski definition) is 0. The molecule has 2 aliphatic heterocycles. The van der Waals surface area contributed by atoms with E-state index in [0.717, 1.165) is 50.3 Å². The molecule has 2 saturated heterocycles. The molecule has 0 unspecified atom stereocenters. The summed E-state index contributed by atoms with van der Waals surface area (Å²) in [6.45, 7) is 11.4. The van der Waals surface area contributed by atoms with Crippen molar-refractivity contribution in [2.75, 3.05) is 52.4 Å². The summed E-state index contributed by atoms with van der Waals surface area (Å²) in [4.78, 5) is 31.3. The van der Waals surface area contributed by atoms with Crippen molar-refractivity contribution in [1.29, 1.82) is 0 Å². The molecule has 2 heterocycles. The average Bonchev–Trinajstić information content (AvgIpc) is 3.03. The summed E-state index contributed by atoms with van der Waals surface area (Å²) >= 11 is 0. The van der Waals surface area contributed by atoms with Gasteiger partial charge in [0.15, 0.2) is 6.61 Å². The summed E-state index contributed by atoms with van der Waals surface area (Å²) < 4.78 is 5.86. The number of rotatable bonds is 6. The summed E-state index contributed by atoms with van der Waals surface area (Å²) in [6.07, 6.45) is 4.70. The van der Waals surface area contributed by atoms with Crippen LogP contribution in [0, 0.1) is 6.92 Å². The van der Waals surface area contributed by atoms with Gasteiger partial charge in [-0.05, 0) is 42.9 Å². The van der Waals surface area contributed by atoms with Crippen molar-refractivity contribution in [1.82, 2.24) is 14.7 Å². The van der Waals surface area contributed by atoms with Gasteiger partial charge in [0.1, 0.15) is 5.75 Å². The number of carbonyl (C=O) groups excluding carboxylic acids is 2. The lowest BCUT2D eigenvalue weighted by Gasteiger charge is -2.35. The summed E-state index contributed by atoms with van der Waals surface area (Å²) in [5.74, 6) is 1.47. The van der Waals surface area contributed by atoms with Crippen LogP contribution in [0.4, 0.5) is 0 Å². The highest BCUT2D eigenvalue weighted by atomic mass is 16.5. The molecule has 0 saturated carbocycles. The summed E-state index contributed by atoms with van der Waals surface area (Å²) in [6, 6.07) is 6.20. The molecule has 0 radical (unpaired) electrons. The van der Waals surface area contributed by atoms with Gasteiger partial charge < -0.3 is 14.5 Å². The molecule has 0 N–H and O–H groups in total. The minimum Gasteiger partial charge on any atom is -0.483 e. The van der Waals surface area contributed by atoms with E-state index < -0.39 is 0 Å². The number of ether oxygens (including phenoxy) is 1. The second kappa shape index (κ2) is 10.8. The third kappa shape index (κ3) is 6.21. The molecule has 3 rings (SSSR count). The molecule has 6 heteroatoms. The van der Waals surface area contributed by atoms with E-state index >= 15 is 0 Å². The second-order valence-corrected chi connectivity index (χ2v) is 8.92. The summed E-state index contributed by atoms with van der Waals surface area (Å²) in [7, 11) is 0. The maximum Gasteiger partial charge on any atom is 0.260 e. The van der Waals surface area contributed by atoms with E-state index in [1.807, 2.05) is 22.8 Å². The van der Waals surface area contributed by atoms with Gasteiger partial charge in [-0.25, -0.2) is 0 Å². The van der Waals surface area contributed by atoms with Gasteiger partial charge in [-0.2, -0.15) is 0 Å². The topological polar surface area (TPSA) is 53.1 Å². The van der Waals surface area contributed by atoms with Crippen molar-refractivity contribution < 1.29 is 14.3 Å². The highest BCUT2D eigenvalue weighted by Gasteiger charge is 2.25. The maximum absolute atomic E-state index is 12.6. The number of benzene rings is 1. The van der Waals surface area contributed by atoms with Gasteiger partial charge in [-0.15, -0.1) is 0 Å². The van der Waals surface area contributed by atoms with Crippen LogP contribution in [0.1, 0.15) is 56.6 Å². The van der Waals surface area contributed by atoms with Crippen LogP contribution in [0.2, 0.25) is 0 Å². The number of hydrogen-bond acceptors (Lipinski definition) is 4. The van der Waals surface area contributed by atoms with E-state index in [0.29, 0.717) is 25.6 Å². The van der Waals surface area contributed by atoms with Crippen molar-refractivity contribution in [3.63, 3.8) is 0 Å². The smallest absolute Gasteiger partial charge is 0.260 e. The van der Waals surface area contributed by atoms with Crippen LogP contribution < -0.4 is 4.74 Å². The monoisotopic (exact) mass is 415 g/mol. The first-order valence-corrected chi connectivity index (χ1v) is 11.5. The van der Waals surface area contributed by atoms with Gasteiger partial charge in [0.05, 0.1) is 6.54 Å². The first-order chi connectivity index (χ1) is 14.4. The number of piperazine rings is 1. The summed E-state index contributed by atoms with van der Waals surface area (Å²) in [5, 5.41) is 0. The van der Waals surface area contributed by atoms with E-state index in [-0.39, 0.29) is 18.4 Å². The van der Waals surface area contributed by atoms with Gasteiger partial charge in [-0.3, -0.25) is 14.5 Å². The molecule has 2 amide bonds. The zero-order valence-electron chi connectivity index (χ0n) is 18.9. The highest BCUT2D eigenvalue weighted by Crippen LogP contribution is 2.24. The average molecular weight is 416 g/mol. The first kappa shape index (κ1) is 22.6. The SMILES string of the molecule is Cc1ccc(C(C)C)cc1OCC(=O)N1CCN(CC(=O)N2CCCCCC2)CC1. The minimum absolute atomic E-state index is 0.0165. The van der Waals surface area contributed by atoms with Crippen LogP contribution in [0.5, 0.6) is 5.75 Å². The minimum atomic E-state index is 0.0165. The quantitative estimate of drug-likeness (QED) is 0.717. The largest absolute Gasteiger partial charge is 0.483 e. The molecular weight excluding hydrogens is 378 g/mol. The van der Waals surface area contributed by atoms with E-state index in [1.54, 1.807) is 0 Å².